The largest absolute Gasteiger partial charge is 0.466 e. The van der Waals surface area contributed by atoms with Crippen molar-refractivity contribution < 1.29 is 24.5 Å². The smallest absolute Gasteiger partial charge is 0.305 e. The van der Waals surface area contributed by atoms with Crippen molar-refractivity contribution in [3.63, 3.8) is 0 Å². The van der Waals surface area contributed by atoms with Gasteiger partial charge in [-0.2, -0.15) is 0 Å². The highest BCUT2D eigenvalue weighted by Crippen LogP contribution is 2.20. The molecule has 6 heteroatoms. The Bertz CT molecular complexity index is 1320. The van der Waals surface area contributed by atoms with Crippen LogP contribution in [-0.2, 0) is 14.3 Å². The summed E-state index contributed by atoms with van der Waals surface area (Å²) in [6, 6.07) is -0.539. The van der Waals surface area contributed by atoms with Gasteiger partial charge in [-0.3, -0.25) is 9.59 Å². The number of allylic oxidation sites excluding steroid dienone is 2. The molecular weight excluding hydrogens is 1070 g/mol. The number of aliphatic hydroxyl groups is 2. The summed E-state index contributed by atoms with van der Waals surface area (Å²) >= 11 is 0. The standard InChI is InChI=1S/C81H159NO5/c1-3-5-7-9-11-13-15-17-19-21-38-43-47-51-55-59-63-67-71-75-81(86)87-76-72-68-64-60-56-52-48-44-40-37-35-33-31-29-27-25-23-24-26-28-30-32-34-36-39-42-46-50-54-58-62-66-70-74-80(85)82-78(77-83)79(84)73-69-65-61-57-53-49-45-41-22-20-18-16-14-12-10-8-6-4-2/h27,29,78-79,83-84H,3-26,28,30-77H2,1-2H3,(H,82,85)/b29-27-. The van der Waals surface area contributed by atoms with Gasteiger partial charge in [0.1, 0.15) is 0 Å². The van der Waals surface area contributed by atoms with E-state index in [1.807, 2.05) is 0 Å². The summed E-state index contributed by atoms with van der Waals surface area (Å²) in [7, 11) is 0. The molecule has 0 saturated heterocycles. The van der Waals surface area contributed by atoms with E-state index in [1.165, 1.54) is 398 Å². The van der Waals surface area contributed by atoms with Gasteiger partial charge in [0.25, 0.3) is 0 Å². The van der Waals surface area contributed by atoms with Gasteiger partial charge in [-0.1, -0.05) is 418 Å². The predicted octanol–water partition coefficient (Wildman–Crippen LogP) is 26.7. The van der Waals surface area contributed by atoms with Crippen molar-refractivity contribution in [3.8, 4) is 0 Å². The Hall–Kier alpha value is -1.40. The molecule has 0 aliphatic rings. The van der Waals surface area contributed by atoms with Crippen molar-refractivity contribution >= 4 is 11.9 Å². The molecule has 0 rings (SSSR count). The summed E-state index contributed by atoms with van der Waals surface area (Å²) in [6.07, 6.45) is 97.4. The van der Waals surface area contributed by atoms with E-state index in [4.69, 9.17) is 4.74 Å². The molecule has 518 valence electrons. The van der Waals surface area contributed by atoms with Gasteiger partial charge in [-0.15, -0.1) is 0 Å². The summed E-state index contributed by atoms with van der Waals surface area (Å²) in [5, 5.41) is 23.4. The lowest BCUT2D eigenvalue weighted by molar-refractivity contribution is -0.143. The molecule has 0 bridgehead atoms. The van der Waals surface area contributed by atoms with Crippen molar-refractivity contribution in [2.45, 2.75) is 482 Å². The lowest BCUT2D eigenvalue weighted by Gasteiger charge is -2.22. The fourth-order valence-electron chi connectivity index (χ4n) is 13.2. The highest BCUT2D eigenvalue weighted by atomic mass is 16.5. The minimum absolute atomic E-state index is 0.0249. The van der Waals surface area contributed by atoms with Gasteiger partial charge >= 0.3 is 5.97 Å². The number of carbonyl (C=O) groups excluding carboxylic acids is 2. The van der Waals surface area contributed by atoms with E-state index >= 15 is 0 Å². The molecular formula is C81H159NO5. The van der Waals surface area contributed by atoms with E-state index in [1.54, 1.807) is 0 Å². The van der Waals surface area contributed by atoms with Gasteiger partial charge in [0.2, 0.25) is 5.91 Å². The van der Waals surface area contributed by atoms with Gasteiger partial charge in [0.05, 0.1) is 25.4 Å². The molecule has 0 heterocycles. The molecule has 3 N–H and O–H groups in total. The van der Waals surface area contributed by atoms with Crippen LogP contribution in [0.3, 0.4) is 0 Å². The molecule has 0 aromatic carbocycles. The highest BCUT2D eigenvalue weighted by molar-refractivity contribution is 5.76. The number of amides is 1. The Morgan fingerprint density at radius 3 is 0.816 bits per heavy atom. The average Bonchev–Trinajstić information content (AvgIpc) is 3.59. The quantitative estimate of drug-likeness (QED) is 0.0320. The maximum Gasteiger partial charge on any atom is 0.305 e. The Balaban J connectivity index is 3.32. The molecule has 0 aliphatic carbocycles. The van der Waals surface area contributed by atoms with Crippen LogP contribution in [0.1, 0.15) is 470 Å². The summed E-state index contributed by atoms with van der Waals surface area (Å²) in [4.78, 5) is 24.7. The van der Waals surface area contributed by atoms with Crippen molar-refractivity contribution in [2.24, 2.45) is 0 Å². The van der Waals surface area contributed by atoms with Gasteiger partial charge in [0.15, 0.2) is 0 Å². The van der Waals surface area contributed by atoms with Gasteiger partial charge in [-0.25, -0.2) is 0 Å². The van der Waals surface area contributed by atoms with Crippen LogP contribution in [0.4, 0.5) is 0 Å². The molecule has 2 atom stereocenters. The minimum atomic E-state index is -0.662. The molecule has 0 radical (unpaired) electrons. The van der Waals surface area contributed by atoms with Crippen molar-refractivity contribution in [1.82, 2.24) is 5.32 Å². The van der Waals surface area contributed by atoms with Gasteiger partial charge in [0, 0.05) is 12.8 Å². The fourth-order valence-corrected chi connectivity index (χ4v) is 13.2. The maximum atomic E-state index is 12.5. The predicted molar refractivity (Wildman–Crippen MR) is 384 cm³/mol. The fraction of sp³-hybridized carbons (Fsp3) is 0.951. The van der Waals surface area contributed by atoms with Gasteiger partial charge < -0.3 is 20.3 Å². The number of esters is 1. The van der Waals surface area contributed by atoms with Crippen LogP contribution in [-0.4, -0.2) is 47.4 Å². The lowest BCUT2D eigenvalue weighted by atomic mass is 10.0. The first-order chi connectivity index (χ1) is 43.0. The normalized spacial score (nSPS) is 12.5. The molecule has 6 nitrogen and oxygen atoms in total. The van der Waals surface area contributed by atoms with E-state index in [-0.39, 0.29) is 18.5 Å². The molecule has 2 unspecified atom stereocenters. The van der Waals surface area contributed by atoms with E-state index in [0.29, 0.717) is 25.9 Å². The van der Waals surface area contributed by atoms with Crippen LogP contribution in [0, 0.1) is 0 Å². The zero-order valence-electron chi connectivity index (χ0n) is 59.5. The van der Waals surface area contributed by atoms with E-state index in [0.717, 1.165) is 38.5 Å². The van der Waals surface area contributed by atoms with E-state index in [2.05, 4.69) is 31.3 Å². The number of ether oxygens (including phenoxy) is 1. The molecule has 1 amide bonds. The lowest BCUT2D eigenvalue weighted by Crippen LogP contribution is -2.45. The Morgan fingerprint density at radius 1 is 0.310 bits per heavy atom. The molecule has 0 aliphatic heterocycles. The molecule has 0 aromatic rings. The Labute approximate surface area is 546 Å². The topological polar surface area (TPSA) is 95.9 Å². The second-order valence-corrected chi connectivity index (χ2v) is 28.1. The van der Waals surface area contributed by atoms with Crippen LogP contribution in [0.2, 0.25) is 0 Å². The number of rotatable bonds is 77. The van der Waals surface area contributed by atoms with Crippen LogP contribution >= 0.6 is 0 Å². The second kappa shape index (κ2) is 77.1. The molecule has 0 spiro atoms. The number of hydrogen-bond acceptors (Lipinski definition) is 5. The van der Waals surface area contributed by atoms with Crippen molar-refractivity contribution in [2.75, 3.05) is 13.2 Å². The molecule has 87 heavy (non-hydrogen) atoms. The number of carbonyl (C=O) groups is 2. The van der Waals surface area contributed by atoms with Crippen molar-refractivity contribution in [3.05, 3.63) is 12.2 Å². The maximum absolute atomic E-state index is 12.5. The van der Waals surface area contributed by atoms with Crippen LogP contribution < -0.4 is 5.32 Å². The third-order valence-electron chi connectivity index (χ3n) is 19.3. The van der Waals surface area contributed by atoms with Crippen LogP contribution in [0.25, 0.3) is 0 Å². The zero-order valence-corrected chi connectivity index (χ0v) is 59.5. The Kier molecular flexibility index (Phi) is 75.8. The summed E-state index contributed by atoms with van der Waals surface area (Å²) in [6.45, 7) is 5.02. The third-order valence-corrected chi connectivity index (χ3v) is 19.3. The van der Waals surface area contributed by atoms with Crippen LogP contribution in [0.5, 0.6) is 0 Å². The number of hydrogen-bond donors (Lipinski definition) is 3. The van der Waals surface area contributed by atoms with Crippen molar-refractivity contribution in [1.29, 1.82) is 0 Å². The summed E-state index contributed by atoms with van der Waals surface area (Å²) in [5.74, 6) is -0.00200. The summed E-state index contributed by atoms with van der Waals surface area (Å²) < 4.78 is 5.52. The highest BCUT2D eigenvalue weighted by Gasteiger charge is 2.20. The van der Waals surface area contributed by atoms with E-state index in [9.17, 15) is 19.8 Å². The zero-order chi connectivity index (χ0) is 62.8. The first-order valence-corrected chi connectivity index (χ1v) is 40.4. The number of aliphatic hydroxyl groups excluding tert-OH is 2. The van der Waals surface area contributed by atoms with Gasteiger partial charge in [-0.05, 0) is 51.4 Å². The molecule has 0 aromatic heterocycles. The van der Waals surface area contributed by atoms with E-state index < -0.39 is 12.1 Å². The minimum Gasteiger partial charge on any atom is -0.466 e. The first-order valence-electron chi connectivity index (χ1n) is 40.4. The number of nitrogens with one attached hydrogen (secondary N) is 1. The third kappa shape index (κ3) is 73.5. The monoisotopic (exact) mass is 1230 g/mol. The number of unbranched alkanes of at least 4 members (excludes halogenated alkanes) is 64. The van der Waals surface area contributed by atoms with Crippen LogP contribution in [0.15, 0.2) is 12.2 Å². The second-order valence-electron chi connectivity index (χ2n) is 28.1. The average molecular weight is 1230 g/mol. The summed E-state index contributed by atoms with van der Waals surface area (Å²) in [5.41, 5.74) is 0. The first kappa shape index (κ1) is 85.6. The Morgan fingerprint density at radius 2 is 0.540 bits per heavy atom. The molecule has 0 saturated carbocycles. The SMILES string of the molecule is CCCCCCCCCCCCCCCCCCCCCC(=O)OCCCCCCCCCCCCCC/C=C\CCCCCCCCCCCCCCCCCCCC(=O)NC(CO)C(O)CCCCCCCCCCCCCCCCCCCC. The molecule has 0 fully saturated rings.